The molecule has 1 aliphatic rings. The molecule has 1 unspecified atom stereocenters. The number of Topliss-reactive ketones (excluding diaryl/α,β-unsaturated/α-hetero) is 1. The van der Waals surface area contributed by atoms with Gasteiger partial charge >= 0.3 is 11.9 Å². The van der Waals surface area contributed by atoms with Crippen LogP contribution < -0.4 is 19.1 Å². The van der Waals surface area contributed by atoms with Gasteiger partial charge in [0.05, 0.1) is 44.2 Å². The number of anilines is 1. The molecule has 10 nitrogen and oxygen atoms in total. The zero-order chi connectivity index (χ0) is 32.7. The van der Waals surface area contributed by atoms with Crippen molar-refractivity contribution in [2.75, 3.05) is 31.8 Å². The van der Waals surface area contributed by atoms with Gasteiger partial charge in [0.25, 0.3) is 5.78 Å². The number of esters is 1. The molecule has 4 rings (SSSR count). The Bertz CT molecular complexity index is 1560. The molecule has 1 amide bonds. The number of nitrogens with zero attached hydrogens (tertiary/aromatic N) is 2. The number of thiazole rings is 1. The normalized spacial score (nSPS) is 15.9. The van der Waals surface area contributed by atoms with E-state index in [9.17, 15) is 19.5 Å². The minimum Gasteiger partial charge on any atom is -0.507 e. The van der Waals surface area contributed by atoms with Crippen molar-refractivity contribution in [2.45, 2.75) is 59.9 Å². The van der Waals surface area contributed by atoms with Crippen molar-refractivity contribution >= 4 is 39.9 Å². The van der Waals surface area contributed by atoms with Gasteiger partial charge in [0, 0.05) is 5.56 Å². The summed E-state index contributed by atoms with van der Waals surface area (Å²) in [5, 5.41) is 11.7. The highest BCUT2D eigenvalue weighted by atomic mass is 32.1. The van der Waals surface area contributed by atoms with Crippen LogP contribution in [-0.2, 0) is 14.3 Å². The maximum Gasteiger partial charge on any atom is 0.350 e. The van der Waals surface area contributed by atoms with E-state index in [1.54, 1.807) is 56.3 Å². The fourth-order valence-electron chi connectivity index (χ4n) is 4.79. The summed E-state index contributed by atoms with van der Waals surface area (Å²) in [6, 6.07) is 10.7. The van der Waals surface area contributed by atoms with Crippen LogP contribution in [0.4, 0.5) is 5.13 Å². The monoisotopic (exact) mass is 636 g/mol. The Hall–Kier alpha value is -4.38. The van der Waals surface area contributed by atoms with Crippen molar-refractivity contribution in [3.8, 4) is 17.2 Å². The molecule has 0 bridgehead atoms. The molecule has 0 radical (unpaired) electrons. The number of carbonyl (C=O) groups is 3. The van der Waals surface area contributed by atoms with Gasteiger partial charge in [-0.05, 0) is 74.6 Å². The first-order valence-electron chi connectivity index (χ1n) is 15.1. The second-order valence-corrected chi connectivity index (χ2v) is 11.9. The van der Waals surface area contributed by atoms with Crippen LogP contribution in [0.3, 0.4) is 0 Å². The third-order valence-corrected chi connectivity index (χ3v) is 8.38. The van der Waals surface area contributed by atoms with E-state index in [1.807, 2.05) is 0 Å². The Morgan fingerprint density at radius 2 is 1.78 bits per heavy atom. The number of carbonyl (C=O) groups excluding carboxylic acids is 3. The van der Waals surface area contributed by atoms with Gasteiger partial charge in [-0.25, -0.2) is 9.78 Å². The number of rotatable bonds is 14. The van der Waals surface area contributed by atoms with Crippen LogP contribution >= 0.6 is 11.3 Å². The SMILES string of the molecule is CCCCOc1ccc(/C(O)=C2\C(=O)C(=O)N(c3nc(C)c(C(=O)OCC)s3)C2c2ccc(OCCC(C)C)c(OC)c2)cc1. The molecule has 0 aliphatic carbocycles. The molecule has 45 heavy (non-hydrogen) atoms. The van der Waals surface area contributed by atoms with Gasteiger partial charge in [-0.2, -0.15) is 0 Å². The first-order valence-corrected chi connectivity index (χ1v) is 15.9. The number of hydrogen-bond acceptors (Lipinski definition) is 10. The van der Waals surface area contributed by atoms with Crippen molar-refractivity contribution in [3.63, 3.8) is 0 Å². The number of aromatic nitrogens is 1. The average molecular weight is 637 g/mol. The molecule has 240 valence electrons. The van der Waals surface area contributed by atoms with Crippen molar-refractivity contribution in [3.05, 3.63) is 69.7 Å². The van der Waals surface area contributed by atoms with E-state index in [1.165, 1.54) is 12.0 Å². The first-order chi connectivity index (χ1) is 21.6. The lowest BCUT2D eigenvalue weighted by Crippen LogP contribution is -2.29. The van der Waals surface area contributed by atoms with Gasteiger partial charge in [0.2, 0.25) is 0 Å². The summed E-state index contributed by atoms with van der Waals surface area (Å²) in [7, 11) is 1.51. The summed E-state index contributed by atoms with van der Waals surface area (Å²) in [6.07, 6.45) is 2.75. The first kappa shape index (κ1) is 33.5. The van der Waals surface area contributed by atoms with Gasteiger partial charge in [0.1, 0.15) is 16.4 Å². The number of unbranched alkanes of at least 4 members (excludes halogenated alkanes) is 1. The van der Waals surface area contributed by atoms with Crippen LogP contribution in [0.5, 0.6) is 17.2 Å². The summed E-state index contributed by atoms with van der Waals surface area (Å²) in [6.45, 7) is 10.8. The fourth-order valence-corrected chi connectivity index (χ4v) is 5.78. The second-order valence-electron chi connectivity index (χ2n) is 11.0. The third kappa shape index (κ3) is 7.47. The molecule has 0 saturated carbocycles. The smallest absolute Gasteiger partial charge is 0.350 e. The Morgan fingerprint density at radius 1 is 1.04 bits per heavy atom. The maximum absolute atomic E-state index is 13.7. The fraction of sp³-hybridized carbons (Fsp3) is 0.412. The van der Waals surface area contributed by atoms with E-state index in [0.717, 1.165) is 30.6 Å². The zero-order valence-electron chi connectivity index (χ0n) is 26.5. The highest BCUT2D eigenvalue weighted by molar-refractivity contribution is 7.17. The van der Waals surface area contributed by atoms with Crippen molar-refractivity contribution in [1.29, 1.82) is 0 Å². The van der Waals surface area contributed by atoms with Gasteiger partial charge < -0.3 is 24.1 Å². The summed E-state index contributed by atoms with van der Waals surface area (Å²) in [5.41, 5.74) is 1.05. The number of aliphatic hydroxyl groups excluding tert-OH is 1. The molecule has 1 N–H and O–H groups in total. The summed E-state index contributed by atoms with van der Waals surface area (Å²) in [5.74, 6) is -0.712. The Labute approximate surface area is 267 Å². The van der Waals surface area contributed by atoms with Gasteiger partial charge in [-0.1, -0.05) is 44.6 Å². The third-order valence-electron chi connectivity index (χ3n) is 7.25. The van der Waals surface area contributed by atoms with E-state index in [2.05, 4.69) is 25.8 Å². The van der Waals surface area contributed by atoms with Crippen LogP contribution in [0, 0.1) is 12.8 Å². The lowest BCUT2D eigenvalue weighted by atomic mass is 9.95. The predicted octanol–water partition coefficient (Wildman–Crippen LogP) is 6.87. The number of hydrogen-bond donors (Lipinski definition) is 1. The van der Waals surface area contributed by atoms with Crippen LogP contribution in [-0.4, -0.2) is 54.7 Å². The van der Waals surface area contributed by atoms with E-state index in [4.69, 9.17) is 18.9 Å². The van der Waals surface area contributed by atoms with Crippen LogP contribution in [0.15, 0.2) is 48.0 Å². The summed E-state index contributed by atoms with van der Waals surface area (Å²) >= 11 is 0.947. The number of methoxy groups -OCH3 is 1. The van der Waals surface area contributed by atoms with Crippen LogP contribution in [0.2, 0.25) is 0 Å². The second kappa shape index (κ2) is 15.1. The molecule has 1 aromatic heterocycles. The lowest BCUT2D eigenvalue weighted by molar-refractivity contribution is -0.132. The topological polar surface area (TPSA) is 124 Å². The number of ether oxygens (including phenoxy) is 4. The predicted molar refractivity (Wildman–Crippen MR) is 172 cm³/mol. The molecule has 11 heteroatoms. The van der Waals surface area contributed by atoms with E-state index >= 15 is 0 Å². The quantitative estimate of drug-likeness (QED) is 0.0664. The van der Waals surface area contributed by atoms with Crippen LogP contribution in [0.25, 0.3) is 5.76 Å². The lowest BCUT2D eigenvalue weighted by Gasteiger charge is -2.24. The molecule has 2 heterocycles. The number of benzene rings is 2. The zero-order valence-corrected chi connectivity index (χ0v) is 27.4. The summed E-state index contributed by atoms with van der Waals surface area (Å²) in [4.78, 5) is 45.9. The van der Waals surface area contributed by atoms with Gasteiger partial charge in [0.15, 0.2) is 16.6 Å². The molecule has 2 aromatic carbocycles. The minimum atomic E-state index is -1.08. The Morgan fingerprint density at radius 3 is 2.42 bits per heavy atom. The Kier molecular flexibility index (Phi) is 11.2. The standard InChI is InChI=1S/C34H40N2O8S/c1-7-9-17-43-24-13-10-22(11-14-24)29(37)27-28(23-12-15-25(26(19-23)41-6)44-18-16-20(3)4)36(32(39)30(27)38)34-35-21(5)31(45-34)33(40)42-8-2/h10-15,19-20,28,37H,7-9,16-18H2,1-6H3/b29-27+. The molecule has 1 atom stereocenters. The molecule has 1 fully saturated rings. The molecule has 1 aliphatic heterocycles. The average Bonchev–Trinajstić information content (AvgIpc) is 3.53. The molecule has 1 saturated heterocycles. The number of amides is 1. The number of ketones is 1. The van der Waals surface area contributed by atoms with E-state index in [0.29, 0.717) is 53.2 Å². The number of aryl methyl sites for hydroxylation is 1. The van der Waals surface area contributed by atoms with E-state index in [-0.39, 0.29) is 27.9 Å². The largest absolute Gasteiger partial charge is 0.507 e. The van der Waals surface area contributed by atoms with Crippen LogP contribution in [0.1, 0.15) is 79.5 Å². The minimum absolute atomic E-state index is 0.123. The van der Waals surface area contributed by atoms with Crippen molar-refractivity contribution < 1.29 is 38.4 Å². The van der Waals surface area contributed by atoms with Gasteiger partial charge in [-0.15, -0.1) is 0 Å². The maximum atomic E-state index is 13.7. The highest BCUT2D eigenvalue weighted by Crippen LogP contribution is 2.45. The van der Waals surface area contributed by atoms with Crippen molar-refractivity contribution in [1.82, 2.24) is 4.98 Å². The molecular weight excluding hydrogens is 596 g/mol. The van der Waals surface area contributed by atoms with E-state index < -0.39 is 23.7 Å². The molecular formula is C34H40N2O8S. The van der Waals surface area contributed by atoms with Crippen molar-refractivity contribution in [2.24, 2.45) is 5.92 Å². The molecule has 0 spiro atoms. The van der Waals surface area contributed by atoms with Gasteiger partial charge in [-0.3, -0.25) is 14.5 Å². The Balaban J connectivity index is 1.83. The highest BCUT2D eigenvalue weighted by Gasteiger charge is 2.48. The summed E-state index contributed by atoms with van der Waals surface area (Å²) < 4.78 is 22.5. The molecule has 3 aromatic rings. The number of aliphatic hydroxyl groups is 1.